The second-order valence-corrected chi connectivity index (χ2v) is 35.2. The molecule has 0 aliphatic rings. The molecule has 0 spiro atoms. The number of rotatable bonds is 14. The summed E-state index contributed by atoms with van der Waals surface area (Å²) in [6.45, 7) is 27.7. The van der Waals surface area contributed by atoms with E-state index in [0.717, 1.165) is 165 Å². The van der Waals surface area contributed by atoms with Gasteiger partial charge in [-0.1, -0.05) is 257 Å². The SMILES string of the molecule is CC(O)CC(C)O.CC(O)CC(C)O.CC(O)CC(C)O.CC(O)CC(C)O.Cc1[c-]c2c(cc1)c1ccc(C)cc1c1nc(-c3ccccc3)cnc21.Cc1c(CO)c(CO)cc2c3ccc[c-]c3c3ncc(-c4ccccc4)nc3c12.Cc1c[c-]c2c(c1)c1cc(C)ccc1c1nc(-c3ccccc3)cnc21.Cc1cc[c-]c2c3ncc(-c4ccccc4)nc3c3cccc(C)c3c12.[Ir].[Ir].[Ir].[Ir]. The first-order valence-electron chi connectivity index (χ1n) is 45.8. The number of fused-ring (bicyclic) bond motifs is 24. The van der Waals surface area contributed by atoms with Gasteiger partial charge >= 0.3 is 0 Å². The topological polar surface area (TPSA) is 305 Å². The second kappa shape index (κ2) is 52.1. The molecule has 22 heteroatoms. The molecule has 20 aromatic rings. The molecular weight excluding hydrogens is 2450 g/mol. The number of aromatic nitrogens is 8. The smallest absolute Gasteiger partial charge is 0.0873 e. The third kappa shape index (κ3) is 27.7. The normalized spacial score (nSPS) is 12.6. The van der Waals surface area contributed by atoms with Gasteiger partial charge in [-0.2, -0.15) is 0 Å². The van der Waals surface area contributed by atoms with E-state index in [-0.39, 0.29) is 142 Å². The van der Waals surface area contributed by atoms with E-state index in [4.69, 9.17) is 80.7 Å². The summed E-state index contributed by atoms with van der Waals surface area (Å²) in [5.41, 5.74) is 24.5. The van der Waals surface area contributed by atoms with Gasteiger partial charge in [-0.25, -0.2) is 0 Å². The van der Waals surface area contributed by atoms with Gasteiger partial charge < -0.3 is 71.0 Å². The van der Waals surface area contributed by atoms with Crippen molar-refractivity contribution in [3.63, 3.8) is 0 Å². The Bertz CT molecular complexity index is 7370. The van der Waals surface area contributed by atoms with Crippen LogP contribution in [0.25, 0.3) is 175 Å². The molecule has 0 amide bonds. The van der Waals surface area contributed by atoms with Crippen molar-refractivity contribution in [3.05, 3.63) is 336 Å². The summed E-state index contributed by atoms with van der Waals surface area (Å²) in [5.74, 6) is 0. The van der Waals surface area contributed by atoms with Crippen LogP contribution >= 0.6 is 0 Å². The van der Waals surface area contributed by atoms with E-state index in [0.29, 0.717) is 25.7 Å². The largest absolute Gasteiger partial charge is 0.393 e. The Balaban J connectivity index is 0.000000188. The number of aliphatic hydroxyl groups excluding tert-OH is 10. The maximum Gasteiger partial charge on any atom is 0.0873 e. The molecule has 0 saturated heterocycles. The van der Waals surface area contributed by atoms with Crippen LogP contribution in [0.1, 0.15) is 131 Å². The standard InChI is InChI=1S/C25H19N2O2.3C24H17N2.4C5H12O2.4Ir/c1-15-21(14-29)17(13-28)11-20-18-9-5-6-10-19(18)24-25(23(15)20)27-22(12-26-24)16-7-3-2-4-8-16;1-15-8-6-12-18-21(15)22-16(2)9-7-13-19(22)24-23(18)25-14-20(26-24)17-10-4-3-5-11-17;1-15-8-10-18-20(12-15)21-13-16(2)9-11-19(21)24-23(18)25-14-22(26-24)17-6-4-3-5-7-17;1-15-8-10-18-19-11-9-16(2)13-21(19)24-23(20(18)12-15)25-14-22(26-24)17-6-4-3-5-7-17;4*1-4(6)3-5(2)7;;;;/h2-9,11-12,28-29H,13-14H2,1H3;3-11,13-14H,1-2H3;3-9,11-14H,1-2H3;3-11,13-14H,1-2H3;4*4-7H,3H2,1-2H3;;;;/q4*-1;;;;;;;;. The fraction of sp³-hybridized carbons (Fsp3) is 0.248. The molecule has 139 heavy (non-hydrogen) atoms. The zero-order valence-corrected chi connectivity index (χ0v) is 90.2. The number of benzene rings is 16. The van der Waals surface area contributed by atoms with Crippen LogP contribution in [-0.2, 0) is 93.6 Å². The molecule has 16 aromatic carbocycles. The minimum absolute atomic E-state index is 0. The van der Waals surface area contributed by atoms with Crippen LogP contribution in [0.4, 0.5) is 0 Å². The molecule has 0 aliphatic carbocycles. The summed E-state index contributed by atoms with van der Waals surface area (Å²) in [7, 11) is 0. The molecule has 0 aliphatic heterocycles. The Hall–Kier alpha value is -10.8. The summed E-state index contributed by atoms with van der Waals surface area (Å²) >= 11 is 0. The van der Waals surface area contributed by atoms with Gasteiger partial charge in [0.15, 0.2) is 0 Å². The zero-order valence-electron chi connectivity index (χ0n) is 80.6. The third-order valence-corrected chi connectivity index (χ3v) is 23.2. The first-order valence-corrected chi connectivity index (χ1v) is 45.8. The van der Waals surface area contributed by atoms with Crippen LogP contribution in [-0.4, -0.2) is 140 Å². The maximum atomic E-state index is 9.95. The van der Waals surface area contributed by atoms with E-state index in [1.165, 1.54) is 60.1 Å². The van der Waals surface area contributed by atoms with Gasteiger partial charge in [-0.05, 0) is 152 Å². The Morgan fingerprint density at radius 3 is 1.10 bits per heavy atom. The van der Waals surface area contributed by atoms with Gasteiger partial charge in [0, 0.05) is 150 Å². The minimum atomic E-state index is -0.375. The summed E-state index contributed by atoms with van der Waals surface area (Å²) in [6.07, 6.45) is 6.29. The van der Waals surface area contributed by atoms with Gasteiger partial charge in [-0.15, -0.1) is 117 Å². The van der Waals surface area contributed by atoms with Crippen LogP contribution < -0.4 is 0 Å². The van der Waals surface area contributed by atoms with Crippen molar-refractivity contribution in [2.75, 3.05) is 0 Å². The van der Waals surface area contributed by atoms with Gasteiger partial charge in [-0.3, -0.25) is 19.9 Å². The van der Waals surface area contributed by atoms with Crippen LogP contribution in [0, 0.1) is 72.7 Å². The molecule has 4 aromatic heterocycles. The average molecular weight is 2570 g/mol. The number of hydrogen-bond donors (Lipinski definition) is 10. The van der Waals surface area contributed by atoms with Crippen molar-refractivity contribution in [2.24, 2.45) is 0 Å². The van der Waals surface area contributed by atoms with Crippen LogP contribution in [0.5, 0.6) is 0 Å². The zero-order chi connectivity index (χ0) is 96.4. The summed E-state index contributed by atoms with van der Waals surface area (Å²) in [4.78, 5) is 39.2. The molecule has 0 fully saturated rings. The van der Waals surface area contributed by atoms with Crippen molar-refractivity contribution in [1.82, 2.24) is 39.9 Å². The monoisotopic (exact) mass is 2570 g/mol. The fourth-order valence-corrected chi connectivity index (χ4v) is 17.2. The first kappa shape index (κ1) is 112. The van der Waals surface area contributed by atoms with Gasteiger partial charge in [0.1, 0.15) is 0 Å². The molecule has 8 unspecified atom stereocenters. The van der Waals surface area contributed by atoms with Gasteiger partial charge in [0.05, 0.1) is 107 Å². The van der Waals surface area contributed by atoms with Crippen LogP contribution in [0.3, 0.4) is 0 Å². The fourth-order valence-electron chi connectivity index (χ4n) is 17.2. The van der Waals surface area contributed by atoms with E-state index in [1.807, 2.05) is 147 Å². The van der Waals surface area contributed by atoms with Crippen LogP contribution in [0.15, 0.2) is 261 Å². The Kier molecular flexibility index (Phi) is 41.9. The van der Waals surface area contributed by atoms with Crippen molar-refractivity contribution in [1.29, 1.82) is 0 Å². The van der Waals surface area contributed by atoms with Crippen molar-refractivity contribution in [3.8, 4) is 45.0 Å². The number of aliphatic hydroxyl groups is 10. The molecule has 0 saturated carbocycles. The average Bonchev–Trinajstić information content (AvgIpc) is 0.710. The Labute approximate surface area is 866 Å². The van der Waals surface area contributed by atoms with Crippen molar-refractivity contribution < 1.29 is 131 Å². The van der Waals surface area contributed by atoms with Gasteiger partial charge in [0.25, 0.3) is 0 Å². The predicted molar refractivity (Wildman–Crippen MR) is 552 cm³/mol. The Morgan fingerprint density at radius 2 is 0.647 bits per heavy atom. The minimum Gasteiger partial charge on any atom is -0.393 e. The molecule has 18 nitrogen and oxygen atoms in total. The van der Waals surface area contributed by atoms with Gasteiger partial charge in [0.2, 0.25) is 0 Å². The van der Waals surface area contributed by atoms with E-state index in [1.54, 1.807) is 61.6 Å². The molecule has 20 rings (SSSR count). The number of aryl methyl sites for hydroxylation is 7. The molecular formula is C117H118Ir4N8O10-4. The summed E-state index contributed by atoms with van der Waals surface area (Å²) in [5, 5.41) is 106. The van der Waals surface area contributed by atoms with Crippen LogP contribution in [0.2, 0.25) is 0 Å². The third-order valence-electron chi connectivity index (χ3n) is 23.2. The summed E-state index contributed by atoms with van der Waals surface area (Å²) < 4.78 is 0. The molecule has 4 radical (unpaired) electrons. The quantitative estimate of drug-likeness (QED) is 0.0357. The summed E-state index contributed by atoms with van der Waals surface area (Å²) in [6, 6.07) is 94.2. The van der Waals surface area contributed by atoms with E-state index < -0.39 is 0 Å². The maximum absolute atomic E-state index is 9.95. The number of nitrogens with zero attached hydrogens (tertiary/aromatic N) is 8. The van der Waals surface area contributed by atoms with Crippen molar-refractivity contribution in [2.45, 2.75) is 192 Å². The van der Waals surface area contributed by atoms with E-state index in [2.05, 4.69) is 181 Å². The molecule has 0 bridgehead atoms. The molecule has 8 atom stereocenters. The van der Waals surface area contributed by atoms with E-state index in [9.17, 15) is 10.2 Å². The second-order valence-electron chi connectivity index (χ2n) is 35.2. The Morgan fingerprint density at radius 1 is 0.273 bits per heavy atom. The first-order chi connectivity index (χ1) is 64.9. The molecule has 4 heterocycles. The number of hydrogen-bond acceptors (Lipinski definition) is 18. The van der Waals surface area contributed by atoms with Crippen molar-refractivity contribution >= 4 is 130 Å². The predicted octanol–water partition coefficient (Wildman–Crippen LogP) is 23.3. The molecule has 726 valence electrons. The molecule has 10 N–H and O–H groups in total. The van der Waals surface area contributed by atoms with E-state index >= 15 is 0 Å².